The number of anilines is 2. The first-order valence-corrected chi connectivity index (χ1v) is 7.02. The molecule has 0 aliphatic heterocycles. The minimum Gasteiger partial charge on any atom is -0.497 e. The molecule has 2 aromatic rings. The third kappa shape index (κ3) is 4.06. The molecule has 2 rings (SSSR count). The molecule has 0 fully saturated rings. The van der Waals surface area contributed by atoms with E-state index in [-0.39, 0.29) is 0 Å². The molecule has 2 aromatic carbocycles. The third-order valence-electron chi connectivity index (χ3n) is 3.26. The number of nitrogens with one attached hydrogen (secondary N) is 2. The molecule has 0 aromatic heterocycles. The van der Waals surface area contributed by atoms with Crippen molar-refractivity contribution in [2.75, 3.05) is 32.0 Å². The van der Waals surface area contributed by atoms with Crippen LogP contribution in [0, 0.1) is 6.92 Å². The van der Waals surface area contributed by atoms with Gasteiger partial charge in [-0.3, -0.25) is 0 Å². The van der Waals surface area contributed by atoms with Gasteiger partial charge in [-0.05, 0) is 36.8 Å². The SMILES string of the molecule is COc1ccc(OC)c(NC(=O)Nc2cc(C)ccc2OC)c1. The molecule has 0 unspecified atom stereocenters. The number of hydrogen-bond acceptors (Lipinski definition) is 4. The van der Waals surface area contributed by atoms with Gasteiger partial charge in [-0.25, -0.2) is 4.79 Å². The van der Waals surface area contributed by atoms with Crippen LogP contribution in [0.4, 0.5) is 16.2 Å². The highest BCUT2D eigenvalue weighted by Gasteiger charge is 2.11. The third-order valence-corrected chi connectivity index (χ3v) is 3.26. The van der Waals surface area contributed by atoms with E-state index in [1.54, 1.807) is 38.5 Å². The van der Waals surface area contributed by atoms with Gasteiger partial charge in [-0.2, -0.15) is 0 Å². The quantitative estimate of drug-likeness (QED) is 0.883. The molecule has 6 nitrogen and oxygen atoms in total. The van der Waals surface area contributed by atoms with Crippen LogP contribution in [0.2, 0.25) is 0 Å². The second kappa shape index (κ2) is 7.40. The van der Waals surface area contributed by atoms with Gasteiger partial charge in [-0.15, -0.1) is 0 Å². The van der Waals surface area contributed by atoms with E-state index in [1.807, 2.05) is 19.1 Å². The van der Waals surface area contributed by atoms with Crippen molar-refractivity contribution in [2.45, 2.75) is 6.92 Å². The number of aryl methyl sites for hydroxylation is 1. The van der Waals surface area contributed by atoms with Crippen molar-refractivity contribution in [1.29, 1.82) is 0 Å². The van der Waals surface area contributed by atoms with Crippen molar-refractivity contribution >= 4 is 17.4 Å². The first-order chi connectivity index (χ1) is 11.1. The van der Waals surface area contributed by atoms with Gasteiger partial charge in [0.1, 0.15) is 17.2 Å². The zero-order valence-corrected chi connectivity index (χ0v) is 13.6. The Morgan fingerprint density at radius 2 is 1.39 bits per heavy atom. The van der Waals surface area contributed by atoms with Crippen molar-refractivity contribution in [3.05, 3.63) is 42.0 Å². The summed E-state index contributed by atoms with van der Waals surface area (Å²) >= 11 is 0. The molecule has 0 bridgehead atoms. The summed E-state index contributed by atoms with van der Waals surface area (Å²) in [5, 5.41) is 5.51. The smallest absolute Gasteiger partial charge is 0.323 e. The Morgan fingerprint density at radius 3 is 1.96 bits per heavy atom. The molecule has 2 amide bonds. The minimum absolute atomic E-state index is 0.402. The number of benzene rings is 2. The molecule has 6 heteroatoms. The number of rotatable bonds is 5. The highest BCUT2D eigenvalue weighted by molar-refractivity contribution is 6.01. The minimum atomic E-state index is -0.402. The van der Waals surface area contributed by atoms with Gasteiger partial charge in [0.15, 0.2) is 0 Å². The molecule has 23 heavy (non-hydrogen) atoms. The van der Waals surface area contributed by atoms with E-state index in [0.717, 1.165) is 5.56 Å². The van der Waals surface area contributed by atoms with Crippen molar-refractivity contribution in [1.82, 2.24) is 0 Å². The summed E-state index contributed by atoms with van der Waals surface area (Å²) < 4.78 is 15.6. The average Bonchev–Trinajstić information content (AvgIpc) is 2.55. The van der Waals surface area contributed by atoms with Gasteiger partial charge in [0.25, 0.3) is 0 Å². The zero-order chi connectivity index (χ0) is 16.8. The molecule has 0 heterocycles. The zero-order valence-electron chi connectivity index (χ0n) is 13.6. The highest BCUT2D eigenvalue weighted by Crippen LogP contribution is 2.30. The average molecular weight is 316 g/mol. The summed E-state index contributed by atoms with van der Waals surface area (Å²) in [4.78, 5) is 12.3. The molecule has 122 valence electrons. The van der Waals surface area contributed by atoms with Crippen LogP contribution in [0.3, 0.4) is 0 Å². The summed E-state index contributed by atoms with van der Waals surface area (Å²) in [6, 6.07) is 10.3. The summed E-state index contributed by atoms with van der Waals surface area (Å²) in [7, 11) is 4.65. The van der Waals surface area contributed by atoms with Crippen molar-refractivity contribution in [3.8, 4) is 17.2 Å². The summed E-state index contributed by atoms with van der Waals surface area (Å²) in [6.45, 7) is 1.94. The number of carbonyl (C=O) groups excluding carboxylic acids is 1. The Balaban J connectivity index is 2.18. The largest absolute Gasteiger partial charge is 0.497 e. The van der Waals surface area contributed by atoms with Gasteiger partial charge in [0.2, 0.25) is 0 Å². The second-order valence-electron chi connectivity index (χ2n) is 4.85. The van der Waals surface area contributed by atoms with Gasteiger partial charge < -0.3 is 24.8 Å². The number of amides is 2. The molecule has 0 aliphatic carbocycles. The Bertz CT molecular complexity index is 701. The van der Waals surface area contributed by atoms with E-state index in [4.69, 9.17) is 14.2 Å². The van der Waals surface area contributed by atoms with Crippen molar-refractivity contribution in [2.24, 2.45) is 0 Å². The standard InChI is InChI=1S/C17H20N2O4/c1-11-5-7-15(22-3)13(9-11)18-17(20)19-14-10-12(21-2)6-8-16(14)23-4/h5-10H,1-4H3,(H2,18,19,20). The Labute approximate surface area is 135 Å². The molecule has 0 atom stereocenters. The second-order valence-corrected chi connectivity index (χ2v) is 4.85. The molecular formula is C17H20N2O4. The maximum Gasteiger partial charge on any atom is 0.323 e. The maximum absolute atomic E-state index is 12.3. The van der Waals surface area contributed by atoms with Gasteiger partial charge >= 0.3 is 6.03 Å². The van der Waals surface area contributed by atoms with E-state index in [1.165, 1.54) is 7.11 Å². The maximum atomic E-state index is 12.3. The lowest BCUT2D eigenvalue weighted by Crippen LogP contribution is -2.20. The van der Waals surface area contributed by atoms with E-state index < -0.39 is 6.03 Å². The van der Waals surface area contributed by atoms with Crippen LogP contribution < -0.4 is 24.8 Å². The van der Waals surface area contributed by atoms with E-state index in [2.05, 4.69) is 10.6 Å². The fraction of sp³-hybridized carbons (Fsp3) is 0.235. The van der Waals surface area contributed by atoms with E-state index >= 15 is 0 Å². The van der Waals surface area contributed by atoms with Crippen LogP contribution in [0.5, 0.6) is 17.2 Å². The molecule has 2 N–H and O–H groups in total. The lowest BCUT2D eigenvalue weighted by Gasteiger charge is -2.14. The van der Waals surface area contributed by atoms with Crippen molar-refractivity contribution < 1.29 is 19.0 Å². The summed E-state index contributed by atoms with van der Waals surface area (Å²) in [5.74, 6) is 1.75. The predicted molar refractivity (Wildman–Crippen MR) is 89.9 cm³/mol. The number of ether oxygens (including phenoxy) is 3. The van der Waals surface area contributed by atoms with Crippen LogP contribution in [0.1, 0.15) is 5.56 Å². The van der Waals surface area contributed by atoms with Crippen molar-refractivity contribution in [3.63, 3.8) is 0 Å². The first kappa shape index (κ1) is 16.5. The fourth-order valence-corrected chi connectivity index (χ4v) is 2.11. The molecular weight excluding hydrogens is 296 g/mol. The number of hydrogen-bond donors (Lipinski definition) is 2. The Hall–Kier alpha value is -2.89. The van der Waals surface area contributed by atoms with Gasteiger partial charge in [0, 0.05) is 6.07 Å². The Morgan fingerprint density at radius 1 is 0.826 bits per heavy atom. The lowest BCUT2D eigenvalue weighted by atomic mass is 10.2. The summed E-state index contributed by atoms with van der Waals surface area (Å²) in [6.07, 6.45) is 0. The van der Waals surface area contributed by atoms with Crippen LogP contribution in [0.25, 0.3) is 0 Å². The van der Waals surface area contributed by atoms with Crippen LogP contribution in [-0.4, -0.2) is 27.4 Å². The molecule has 0 spiro atoms. The monoisotopic (exact) mass is 316 g/mol. The fourth-order valence-electron chi connectivity index (χ4n) is 2.11. The van der Waals surface area contributed by atoms with Gasteiger partial charge in [-0.1, -0.05) is 6.07 Å². The first-order valence-electron chi connectivity index (χ1n) is 7.02. The summed E-state index contributed by atoms with van der Waals surface area (Å²) in [5.41, 5.74) is 2.11. The topological polar surface area (TPSA) is 68.8 Å². The predicted octanol–water partition coefficient (Wildman–Crippen LogP) is 3.66. The van der Waals surface area contributed by atoms with Crippen LogP contribution in [-0.2, 0) is 0 Å². The van der Waals surface area contributed by atoms with Crippen LogP contribution >= 0.6 is 0 Å². The number of methoxy groups -OCH3 is 3. The van der Waals surface area contributed by atoms with E-state index in [0.29, 0.717) is 28.6 Å². The van der Waals surface area contributed by atoms with E-state index in [9.17, 15) is 4.79 Å². The molecule has 0 radical (unpaired) electrons. The lowest BCUT2D eigenvalue weighted by molar-refractivity contribution is 0.262. The number of carbonyl (C=O) groups is 1. The molecule has 0 saturated carbocycles. The molecule has 0 saturated heterocycles. The number of urea groups is 1. The van der Waals surface area contributed by atoms with Gasteiger partial charge in [0.05, 0.1) is 32.7 Å². The van der Waals surface area contributed by atoms with Crippen LogP contribution in [0.15, 0.2) is 36.4 Å². The Kier molecular flexibility index (Phi) is 5.30. The highest BCUT2D eigenvalue weighted by atomic mass is 16.5. The molecule has 0 aliphatic rings. The normalized spacial score (nSPS) is 9.91.